The van der Waals surface area contributed by atoms with Gasteiger partial charge in [-0.15, -0.1) is 10.2 Å². The number of nitrogens with zero attached hydrogens (tertiary/aromatic N) is 4. The van der Waals surface area contributed by atoms with Gasteiger partial charge in [-0.2, -0.15) is 0 Å². The number of hydrogen-bond donors (Lipinski definition) is 1. The number of methoxy groups -OCH3 is 1. The van der Waals surface area contributed by atoms with Crippen molar-refractivity contribution in [3.63, 3.8) is 0 Å². The summed E-state index contributed by atoms with van der Waals surface area (Å²) in [7, 11) is 3.63. The molecule has 134 valence electrons. The zero-order valence-corrected chi connectivity index (χ0v) is 15.0. The molecule has 1 aromatic carbocycles. The largest absolute Gasteiger partial charge is 0.380 e. The summed E-state index contributed by atoms with van der Waals surface area (Å²) in [5, 5.41) is 11.2. The Morgan fingerprint density at radius 2 is 2.28 bits per heavy atom. The summed E-state index contributed by atoms with van der Waals surface area (Å²) in [5.41, 5.74) is 2.30. The molecule has 2 aromatic rings. The molecule has 1 fully saturated rings. The van der Waals surface area contributed by atoms with Crippen LogP contribution in [-0.4, -0.2) is 51.9 Å². The third-order valence-electron chi connectivity index (χ3n) is 4.66. The smallest absolute Gasteiger partial charge is 0.234 e. The summed E-state index contributed by atoms with van der Waals surface area (Å²) in [5.74, 6) is 0.872. The summed E-state index contributed by atoms with van der Waals surface area (Å²) in [6.07, 6.45) is 2.60. The lowest BCUT2D eigenvalue weighted by Gasteiger charge is -2.22. The first-order valence-electron chi connectivity index (χ1n) is 8.50. The fourth-order valence-electron chi connectivity index (χ4n) is 3.33. The zero-order chi connectivity index (χ0) is 17.8. The molecule has 0 radical (unpaired) electrons. The standard InChI is InChI=1S/C18H25N5O2/c1-13-5-4-6-14(7-13)9-19-17(24)11-23-10-15(25-3)8-16(23)18-21-20-12-22(18)2/h4-7,12,15-16H,8-11H2,1-3H3,(H,19,24)/t15-,16+/m1/s1. The SMILES string of the molecule is CO[C@@H]1C[C@@H](c2nncn2C)N(CC(=O)NCc2cccc(C)c2)C1. The number of rotatable bonds is 6. The fraction of sp³-hybridized carbons (Fsp3) is 0.500. The molecular weight excluding hydrogens is 318 g/mol. The monoisotopic (exact) mass is 343 g/mol. The van der Waals surface area contributed by atoms with Crippen LogP contribution >= 0.6 is 0 Å². The summed E-state index contributed by atoms with van der Waals surface area (Å²) in [6.45, 7) is 3.62. The molecule has 0 bridgehead atoms. The van der Waals surface area contributed by atoms with Crippen LogP contribution in [0.4, 0.5) is 0 Å². The van der Waals surface area contributed by atoms with Crippen LogP contribution in [0.5, 0.6) is 0 Å². The number of aryl methyl sites for hydroxylation is 2. The number of nitrogens with one attached hydrogen (secondary N) is 1. The Labute approximate surface area is 148 Å². The fourth-order valence-corrected chi connectivity index (χ4v) is 3.33. The first kappa shape index (κ1) is 17.6. The Bertz CT molecular complexity index is 730. The number of aromatic nitrogens is 3. The van der Waals surface area contributed by atoms with E-state index in [-0.39, 0.29) is 18.1 Å². The molecule has 25 heavy (non-hydrogen) atoms. The first-order chi connectivity index (χ1) is 12.1. The molecule has 7 heteroatoms. The molecule has 2 heterocycles. The predicted octanol–water partition coefficient (Wildman–Crippen LogP) is 1.20. The highest BCUT2D eigenvalue weighted by molar-refractivity contribution is 5.78. The van der Waals surface area contributed by atoms with Gasteiger partial charge in [-0.3, -0.25) is 9.69 Å². The maximum Gasteiger partial charge on any atom is 0.234 e. The minimum Gasteiger partial charge on any atom is -0.380 e. The van der Waals surface area contributed by atoms with Crippen LogP contribution in [0, 0.1) is 6.92 Å². The third kappa shape index (κ3) is 4.24. The van der Waals surface area contributed by atoms with Gasteiger partial charge in [0, 0.05) is 27.2 Å². The predicted molar refractivity (Wildman–Crippen MR) is 93.8 cm³/mol. The highest BCUT2D eigenvalue weighted by atomic mass is 16.5. The lowest BCUT2D eigenvalue weighted by Crippen LogP contribution is -2.38. The number of ether oxygens (including phenoxy) is 1. The minimum absolute atomic E-state index is 0.00503. The van der Waals surface area contributed by atoms with Gasteiger partial charge in [0.15, 0.2) is 0 Å². The van der Waals surface area contributed by atoms with Gasteiger partial charge in [0.1, 0.15) is 12.2 Å². The van der Waals surface area contributed by atoms with E-state index in [2.05, 4.69) is 26.5 Å². The Hall–Kier alpha value is -2.25. The molecule has 1 aliphatic rings. The van der Waals surface area contributed by atoms with E-state index in [0.717, 1.165) is 17.8 Å². The Morgan fingerprint density at radius 1 is 1.44 bits per heavy atom. The van der Waals surface area contributed by atoms with Crippen LogP contribution in [-0.2, 0) is 23.1 Å². The van der Waals surface area contributed by atoms with E-state index in [9.17, 15) is 4.79 Å². The molecule has 7 nitrogen and oxygen atoms in total. The van der Waals surface area contributed by atoms with Crippen molar-refractivity contribution in [3.05, 3.63) is 47.5 Å². The van der Waals surface area contributed by atoms with Crippen molar-refractivity contribution < 1.29 is 9.53 Å². The molecule has 1 aliphatic heterocycles. The molecule has 1 amide bonds. The molecule has 0 spiro atoms. The van der Waals surface area contributed by atoms with E-state index in [1.54, 1.807) is 13.4 Å². The van der Waals surface area contributed by atoms with Crippen molar-refractivity contribution in [3.8, 4) is 0 Å². The summed E-state index contributed by atoms with van der Waals surface area (Å²) in [4.78, 5) is 14.5. The second-order valence-electron chi connectivity index (χ2n) is 6.60. The van der Waals surface area contributed by atoms with Gasteiger partial charge in [-0.25, -0.2) is 0 Å². The second-order valence-corrected chi connectivity index (χ2v) is 6.60. The van der Waals surface area contributed by atoms with Crippen molar-refractivity contribution in [2.24, 2.45) is 7.05 Å². The lowest BCUT2D eigenvalue weighted by molar-refractivity contribution is -0.122. The van der Waals surface area contributed by atoms with Gasteiger partial charge in [-0.1, -0.05) is 29.8 Å². The van der Waals surface area contributed by atoms with Crippen LogP contribution in [0.15, 0.2) is 30.6 Å². The van der Waals surface area contributed by atoms with Gasteiger partial charge in [-0.05, 0) is 18.9 Å². The highest BCUT2D eigenvalue weighted by Crippen LogP contribution is 2.31. The van der Waals surface area contributed by atoms with Crippen LogP contribution in [0.1, 0.15) is 29.4 Å². The number of amides is 1. The molecule has 0 unspecified atom stereocenters. The molecule has 0 aliphatic carbocycles. The van der Waals surface area contributed by atoms with E-state index in [0.29, 0.717) is 19.6 Å². The lowest BCUT2D eigenvalue weighted by atomic mass is 10.1. The number of carbonyl (C=O) groups excluding carboxylic acids is 1. The van der Waals surface area contributed by atoms with Crippen molar-refractivity contribution in [1.82, 2.24) is 25.0 Å². The van der Waals surface area contributed by atoms with E-state index in [1.165, 1.54) is 5.56 Å². The normalized spacial score (nSPS) is 20.8. The van der Waals surface area contributed by atoms with E-state index in [4.69, 9.17) is 4.74 Å². The third-order valence-corrected chi connectivity index (χ3v) is 4.66. The molecule has 2 atom stereocenters. The van der Waals surface area contributed by atoms with Gasteiger partial charge in [0.2, 0.25) is 5.91 Å². The second kappa shape index (κ2) is 7.76. The van der Waals surface area contributed by atoms with Gasteiger partial charge >= 0.3 is 0 Å². The zero-order valence-electron chi connectivity index (χ0n) is 15.0. The van der Waals surface area contributed by atoms with E-state index in [1.807, 2.05) is 36.7 Å². The molecule has 1 aromatic heterocycles. The van der Waals surface area contributed by atoms with Gasteiger partial charge in [0.05, 0.1) is 18.7 Å². The molecular formula is C18H25N5O2. The van der Waals surface area contributed by atoms with Gasteiger partial charge < -0.3 is 14.6 Å². The van der Waals surface area contributed by atoms with Crippen LogP contribution < -0.4 is 5.32 Å². The van der Waals surface area contributed by atoms with Crippen molar-refractivity contribution in [2.75, 3.05) is 20.2 Å². The maximum atomic E-state index is 12.4. The quantitative estimate of drug-likeness (QED) is 0.853. The minimum atomic E-state index is 0.00503. The highest BCUT2D eigenvalue weighted by Gasteiger charge is 2.36. The topological polar surface area (TPSA) is 72.3 Å². The Morgan fingerprint density at radius 3 is 2.96 bits per heavy atom. The molecule has 0 saturated carbocycles. The Balaban J connectivity index is 1.61. The van der Waals surface area contributed by atoms with Crippen molar-refractivity contribution >= 4 is 5.91 Å². The van der Waals surface area contributed by atoms with Crippen LogP contribution in [0.3, 0.4) is 0 Å². The van der Waals surface area contributed by atoms with Crippen LogP contribution in [0.2, 0.25) is 0 Å². The van der Waals surface area contributed by atoms with Crippen molar-refractivity contribution in [2.45, 2.75) is 32.0 Å². The molecule has 1 N–H and O–H groups in total. The summed E-state index contributed by atoms with van der Waals surface area (Å²) in [6, 6.07) is 8.20. The summed E-state index contributed by atoms with van der Waals surface area (Å²) < 4.78 is 7.41. The Kier molecular flexibility index (Phi) is 5.45. The number of carbonyl (C=O) groups is 1. The van der Waals surface area contributed by atoms with E-state index < -0.39 is 0 Å². The van der Waals surface area contributed by atoms with Crippen LogP contribution in [0.25, 0.3) is 0 Å². The van der Waals surface area contributed by atoms with Crippen molar-refractivity contribution in [1.29, 1.82) is 0 Å². The summed E-state index contributed by atoms with van der Waals surface area (Å²) >= 11 is 0. The average Bonchev–Trinajstić information content (AvgIpc) is 3.18. The number of hydrogen-bond acceptors (Lipinski definition) is 5. The molecule has 3 rings (SSSR count). The average molecular weight is 343 g/mol. The number of likely N-dealkylation sites (tertiary alicyclic amines) is 1. The first-order valence-corrected chi connectivity index (χ1v) is 8.50. The number of benzene rings is 1. The maximum absolute atomic E-state index is 12.4. The molecule has 1 saturated heterocycles. The van der Waals surface area contributed by atoms with Gasteiger partial charge in [0.25, 0.3) is 0 Å². The van der Waals surface area contributed by atoms with E-state index >= 15 is 0 Å².